The summed E-state index contributed by atoms with van der Waals surface area (Å²) < 4.78 is 0. The van der Waals surface area contributed by atoms with Gasteiger partial charge in [-0.1, -0.05) is 45.4 Å². The number of unbranched alkanes of at least 4 members (excludes halogenated alkanes) is 1. The van der Waals surface area contributed by atoms with E-state index in [-0.39, 0.29) is 0 Å². The molecule has 25 heavy (non-hydrogen) atoms. The van der Waals surface area contributed by atoms with Crippen LogP contribution in [0.3, 0.4) is 0 Å². The molecule has 0 spiro atoms. The Morgan fingerprint density at radius 1 is 1.40 bits per heavy atom. The second-order valence-electron chi connectivity index (χ2n) is 7.57. The Bertz CT molecular complexity index is 552. The van der Waals surface area contributed by atoms with Gasteiger partial charge in [0.15, 0.2) is 0 Å². The fourth-order valence-electron chi connectivity index (χ4n) is 3.81. The number of benzene rings is 1. The summed E-state index contributed by atoms with van der Waals surface area (Å²) in [5.74, 6) is 0.641. The zero-order chi connectivity index (χ0) is 18.2. The number of aryl methyl sites for hydroxylation is 1. The van der Waals surface area contributed by atoms with Crippen molar-refractivity contribution in [3.63, 3.8) is 0 Å². The maximum atomic E-state index is 4.36. The smallest absolute Gasteiger partial charge is 0.0493 e. The van der Waals surface area contributed by atoms with Gasteiger partial charge in [-0.05, 0) is 62.9 Å². The topological polar surface area (TPSA) is 27.3 Å². The molecule has 2 N–H and O–H groups in total. The van der Waals surface area contributed by atoms with Gasteiger partial charge in [0.2, 0.25) is 0 Å². The highest BCUT2D eigenvalue weighted by Crippen LogP contribution is 2.28. The first-order valence-electron chi connectivity index (χ1n) is 10.0. The maximum absolute atomic E-state index is 4.36. The van der Waals surface area contributed by atoms with E-state index in [2.05, 4.69) is 61.1 Å². The molecule has 0 radical (unpaired) electrons. The summed E-state index contributed by atoms with van der Waals surface area (Å²) in [7, 11) is 2.02. The summed E-state index contributed by atoms with van der Waals surface area (Å²) in [6.07, 6.45) is 6.33. The van der Waals surface area contributed by atoms with E-state index in [0.717, 1.165) is 18.8 Å². The SMILES string of the molecule is C=C(Nc1ccc([C@H](C)CCCC)cc1C)C1CCCN1CCNC. The molecule has 140 valence electrons. The quantitative estimate of drug-likeness (QED) is 0.633. The number of likely N-dealkylation sites (N-methyl/N-ethyl adjacent to an activating group) is 1. The minimum Gasteiger partial charge on any atom is -0.358 e. The van der Waals surface area contributed by atoms with E-state index >= 15 is 0 Å². The van der Waals surface area contributed by atoms with Gasteiger partial charge in [0.05, 0.1) is 0 Å². The lowest BCUT2D eigenvalue weighted by molar-refractivity contribution is 0.283. The van der Waals surface area contributed by atoms with Gasteiger partial charge in [-0.2, -0.15) is 0 Å². The fourth-order valence-corrected chi connectivity index (χ4v) is 3.81. The highest BCUT2D eigenvalue weighted by Gasteiger charge is 2.26. The molecule has 3 nitrogen and oxygen atoms in total. The summed E-state index contributed by atoms with van der Waals surface area (Å²) in [6, 6.07) is 7.33. The van der Waals surface area contributed by atoms with E-state index < -0.39 is 0 Å². The first-order valence-corrected chi connectivity index (χ1v) is 10.0. The Balaban J connectivity index is 1.98. The van der Waals surface area contributed by atoms with Crippen molar-refractivity contribution >= 4 is 5.69 Å². The molecule has 1 aromatic carbocycles. The Morgan fingerprint density at radius 3 is 2.88 bits per heavy atom. The number of hydrogen-bond donors (Lipinski definition) is 2. The molecule has 1 saturated heterocycles. The first kappa shape index (κ1) is 20.0. The van der Waals surface area contributed by atoms with Crippen molar-refractivity contribution in [2.45, 2.75) is 64.8 Å². The highest BCUT2D eigenvalue weighted by atomic mass is 15.2. The Kier molecular flexibility index (Phi) is 7.98. The molecular formula is C22H37N3. The van der Waals surface area contributed by atoms with Crippen LogP contribution in [0.1, 0.15) is 63.0 Å². The third-order valence-corrected chi connectivity index (χ3v) is 5.52. The lowest BCUT2D eigenvalue weighted by Crippen LogP contribution is -2.37. The minimum atomic E-state index is 0.455. The summed E-state index contributed by atoms with van der Waals surface area (Å²) in [5.41, 5.74) is 5.13. The normalized spacial score (nSPS) is 19.1. The largest absolute Gasteiger partial charge is 0.358 e. The molecule has 1 unspecified atom stereocenters. The molecule has 0 amide bonds. The van der Waals surface area contributed by atoms with Crippen LogP contribution < -0.4 is 10.6 Å². The van der Waals surface area contributed by atoms with Crippen LogP contribution in [0.15, 0.2) is 30.5 Å². The molecular weight excluding hydrogens is 306 g/mol. The van der Waals surface area contributed by atoms with Crippen LogP contribution >= 0.6 is 0 Å². The van der Waals surface area contributed by atoms with E-state index in [4.69, 9.17) is 0 Å². The molecule has 1 aliphatic heterocycles. The van der Waals surface area contributed by atoms with Gasteiger partial charge >= 0.3 is 0 Å². The van der Waals surface area contributed by atoms with Crippen LogP contribution in [-0.2, 0) is 0 Å². The molecule has 0 aliphatic carbocycles. The Labute approximate surface area is 154 Å². The molecule has 3 heteroatoms. The van der Waals surface area contributed by atoms with Gasteiger partial charge in [0, 0.05) is 30.5 Å². The number of rotatable bonds is 10. The van der Waals surface area contributed by atoms with Crippen LogP contribution in [0.5, 0.6) is 0 Å². The molecule has 1 heterocycles. The number of nitrogens with one attached hydrogen (secondary N) is 2. The third kappa shape index (κ3) is 5.58. The van der Waals surface area contributed by atoms with Gasteiger partial charge in [0.25, 0.3) is 0 Å². The van der Waals surface area contributed by atoms with Gasteiger partial charge in [-0.15, -0.1) is 0 Å². The van der Waals surface area contributed by atoms with Crippen molar-refractivity contribution in [2.75, 3.05) is 32.0 Å². The molecule has 0 bridgehead atoms. The average molecular weight is 344 g/mol. The third-order valence-electron chi connectivity index (χ3n) is 5.52. The van der Waals surface area contributed by atoms with Crippen molar-refractivity contribution in [1.82, 2.24) is 10.2 Å². The van der Waals surface area contributed by atoms with Crippen molar-refractivity contribution in [3.8, 4) is 0 Å². The monoisotopic (exact) mass is 343 g/mol. The molecule has 1 aromatic rings. The van der Waals surface area contributed by atoms with Crippen molar-refractivity contribution in [2.24, 2.45) is 0 Å². The minimum absolute atomic E-state index is 0.455. The van der Waals surface area contributed by atoms with E-state index in [1.165, 1.54) is 55.5 Å². The number of likely N-dealkylation sites (tertiary alicyclic amines) is 1. The van der Waals surface area contributed by atoms with E-state index in [9.17, 15) is 0 Å². The maximum Gasteiger partial charge on any atom is 0.0493 e. The average Bonchev–Trinajstić information content (AvgIpc) is 3.08. The van der Waals surface area contributed by atoms with Crippen LogP contribution in [0.2, 0.25) is 0 Å². The fraction of sp³-hybridized carbons (Fsp3) is 0.636. The highest BCUT2D eigenvalue weighted by molar-refractivity contribution is 5.56. The zero-order valence-electron chi connectivity index (χ0n) is 16.7. The lowest BCUT2D eigenvalue weighted by atomic mass is 9.94. The molecule has 0 aromatic heterocycles. The van der Waals surface area contributed by atoms with Crippen LogP contribution in [0.25, 0.3) is 0 Å². The molecule has 2 rings (SSSR count). The summed E-state index contributed by atoms with van der Waals surface area (Å²) >= 11 is 0. The molecule has 1 fully saturated rings. The number of anilines is 1. The van der Waals surface area contributed by atoms with Crippen molar-refractivity contribution < 1.29 is 0 Å². The van der Waals surface area contributed by atoms with Crippen LogP contribution in [-0.4, -0.2) is 37.6 Å². The van der Waals surface area contributed by atoms with Gasteiger partial charge in [-0.25, -0.2) is 0 Å². The summed E-state index contributed by atoms with van der Waals surface area (Å²) in [5, 5.41) is 6.86. The van der Waals surface area contributed by atoms with Gasteiger partial charge < -0.3 is 10.6 Å². The number of nitrogens with zero attached hydrogens (tertiary/aromatic N) is 1. The summed E-state index contributed by atoms with van der Waals surface area (Å²) in [6.45, 7) is 14.5. The first-order chi connectivity index (χ1) is 12.1. The van der Waals surface area contributed by atoms with E-state index in [0.29, 0.717) is 12.0 Å². The molecule has 1 aliphatic rings. The standard InChI is InChI=1S/C22H37N3/c1-6-7-9-17(2)20-11-12-21(18(3)16-20)24-19(4)22-10-8-14-25(22)15-13-23-5/h11-12,16-17,22-24H,4,6-10,13-15H2,1-3,5H3/t17-,22?/m1/s1. The van der Waals surface area contributed by atoms with Crippen LogP contribution in [0, 0.1) is 6.92 Å². The molecule has 2 atom stereocenters. The Morgan fingerprint density at radius 2 is 2.20 bits per heavy atom. The van der Waals surface area contributed by atoms with Gasteiger partial charge in [0.1, 0.15) is 0 Å². The zero-order valence-corrected chi connectivity index (χ0v) is 16.7. The predicted octanol–water partition coefficient (Wildman–Crippen LogP) is 4.90. The van der Waals surface area contributed by atoms with E-state index in [1.807, 2.05) is 7.05 Å². The van der Waals surface area contributed by atoms with E-state index in [1.54, 1.807) is 0 Å². The predicted molar refractivity (Wildman–Crippen MR) is 110 cm³/mol. The van der Waals surface area contributed by atoms with Crippen molar-refractivity contribution in [3.05, 3.63) is 41.6 Å². The molecule has 0 saturated carbocycles. The number of hydrogen-bond acceptors (Lipinski definition) is 3. The van der Waals surface area contributed by atoms with Gasteiger partial charge in [-0.3, -0.25) is 4.90 Å². The second-order valence-corrected chi connectivity index (χ2v) is 7.57. The summed E-state index contributed by atoms with van der Waals surface area (Å²) in [4.78, 5) is 2.54. The Hall–Kier alpha value is -1.32. The lowest BCUT2D eigenvalue weighted by Gasteiger charge is -2.27. The second kappa shape index (κ2) is 9.98. The van der Waals surface area contributed by atoms with Crippen molar-refractivity contribution in [1.29, 1.82) is 0 Å². The van der Waals surface area contributed by atoms with Crippen LogP contribution in [0.4, 0.5) is 5.69 Å².